The van der Waals surface area contributed by atoms with E-state index in [1.54, 1.807) is 20.8 Å². The van der Waals surface area contributed by atoms with Gasteiger partial charge in [-0.2, -0.15) is 9.37 Å². The largest absolute Gasteiger partial charge is 0.444 e. The van der Waals surface area contributed by atoms with E-state index < -0.39 is 39.9 Å². The lowest BCUT2D eigenvalue weighted by molar-refractivity contribution is 0.0114. The second kappa shape index (κ2) is 7.23. The fourth-order valence-electron chi connectivity index (χ4n) is 2.91. The number of fused-ring (bicyclic) bond motifs is 1. The van der Waals surface area contributed by atoms with E-state index in [0.717, 1.165) is 6.07 Å². The van der Waals surface area contributed by atoms with Crippen LogP contribution in [0.2, 0.25) is 0 Å². The molecule has 10 heteroatoms. The smallest absolute Gasteiger partial charge is 0.410 e. The average molecular weight is 447 g/mol. The van der Waals surface area contributed by atoms with E-state index in [9.17, 15) is 18.0 Å². The molecule has 2 aromatic rings. The zero-order chi connectivity index (χ0) is 19.9. The number of aromatic nitrogens is 2. The third-order valence-electron chi connectivity index (χ3n) is 4.02. The van der Waals surface area contributed by atoms with Gasteiger partial charge in [-0.3, -0.25) is 4.90 Å². The monoisotopic (exact) mass is 446 g/mol. The molecule has 0 radical (unpaired) electrons. The van der Waals surface area contributed by atoms with Crippen LogP contribution in [0.25, 0.3) is 10.9 Å². The zero-order valence-corrected chi connectivity index (χ0v) is 16.5. The highest BCUT2D eigenvalue weighted by Crippen LogP contribution is 2.33. The number of carbonyl (C=O) groups is 1. The SMILES string of the molecule is CC(C)(C)OC(=O)N1CCNCC1c1nc(F)nc2c(F)c(Br)c(F)cc12. The van der Waals surface area contributed by atoms with Crippen LogP contribution in [0.4, 0.5) is 18.0 Å². The Morgan fingerprint density at radius 3 is 2.70 bits per heavy atom. The van der Waals surface area contributed by atoms with Crippen LogP contribution in [0.15, 0.2) is 10.5 Å². The predicted molar refractivity (Wildman–Crippen MR) is 95.7 cm³/mol. The number of benzene rings is 1. The van der Waals surface area contributed by atoms with Crippen molar-refractivity contribution in [2.45, 2.75) is 32.4 Å². The van der Waals surface area contributed by atoms with E-state index in [1.165, 1.54) is 4.90 Å². The fourth-order valence-corrected chi connectivity index (χ4v) is 3.21. The molecule has 1 aliphatic rings. The number of nitrogens with zero attached hydrogens (tertiary/aromatic N) is 3. The summed E-state index contributed by atoms with van der Waals surface area (Å²) >= 11 is 2.78. The summed E-state index contributed by atoms with van der Waals surface area (Å²) in [5.74, 6) is -1.90. The van der Waals surface area contributed by atoms with Crippen molar-refractivity contribution in [3.05, 3.63) is 33.9 Å². The molecule has 0 saturated carbocycles. The second-order valence-corrected chi connectivity index (χ2v) is 7.95. The lowest BCUT2D eigenvalue weighted by atomic mass is 10.0. The van der Waals surface area contributed by atoms with Crippen molar-refractivity contribution in [2.24, 2.45) is 0 Å². The molecule has 1 aromatic carbocycles. The topological polar surface area (TPSA) is 67.3 Å². The number of hydrogen-bond acceptors (Lipinski definition) is 5. The Kier molecular flexibility index (Phi) is 5.31. The molecule has 1 fully saturated rings. The molecule has 1 saturated heterocycles. The highest BCUT2D eigenvalue weighted by Gasteiger charge is 2.34. The van der Waals surface area contributed by atoms with Crippen molar-refractivity contribution < 1.29 is 22.7 Å². The Morgan fingerprint density at radius 2 is 2.04 bits per heavy atom. The molecule has 1 aliphatic heterocycles. The number of ether oxygens (including phenoxy) is 1. The van der Waals surface area contributed by atoms with Crippen LogP contribution in [0.5, 0.6) is 0 Å². The minimum Gasteiger partial charge on any atom is -0.444 e. The first kappa shape index (κ1) is 19.8. The summed E-state index contributed by atoms with van der Waals surface area (Å²) in [6.07, 6.45) is -1.77. The van der Waals surface area contributed by atoms with Gasteiger partial charge in [0.15, 0.2) is 5.82 Å². The molecule has 1 aromatic heterocycles. The molecule has 1 amide bonds. The van der Waals surface area contributed by atoms with Crippen molar-refractivity contribution in [2.75, 3.05) is 19.6 Å². The average Bonchev–Trinajstić information content (AvgIpc) is 2.58. The molecule has 6 nitrogen and oxygen atoms in total. The highest BCUT2D eigenvalue weighted by atomic mass is 79.9. The van der Waals surface area contributed by atoms with E-state index in [4.69, 9.17) is 4.74 Å². The Labute approximate surface area is 162 Å². The third-order valence-corrected chi connectivity index (χ3v) is 4.74. The maximum atomic E-state index is 14.4. The number of nitrogens with one attached hydrogen (secondary N) is 1. The van der Waals surface area contributed by atoms with Gasteiger partial charge in [-0.25, -0.2) is 18.6 Å². The molecule has 3 rings (SSSR count). The van der Waals surface area contributed by atoms with Crippen molar-refractivity contribution in [1.82, 2.24) is 20.2 Å². The first-order chi connectivity index (χ1) is 12.6. The minimum atomic E-state index is -1.16. The molecule has 1 atom stereocenters. The first-order valence-corrected chi connectivity index (χ1v) is 9.09. The quantitative estimate of drug-likeness (QED) is 0.534. The standard InChI is InChI=1S/C17H18BrF3N4O2/c1-17(2,3)27-16(26)25-5-4-22-7-10(25)13-8-6-9(19)11(18)12(20)14(8)24-15(21)23-13/h6,10,22H,4-5,7H2,1-3H3. The van der Waals surface area contributed by atoms with Gasteiger partial charge in [0, 0.05) is 25.0 Å². The summed E-state index contributed by atoms with van der Waals surface area (Å²) in [7, 11) is 0. The molecular weight excluding hydrogens is 429 g/mol. The predicted octanol–water partition coefficient (Wildman–Crippen LogP) is 3.69. The van der Waals surface area contributed by atoms with Crippen LogP contribution >= 0.6 is 15.9 Å². The Bertz CT molecular complexity index is 904. The van der Waals surface area contributed by atoms with E-state index in [2.05, 4.69) is 31.2 Å². The van der Waals surface area contributed by atoms with Gasteiger partial charge in [0.05, 0.1) is 16.2 Å². The zero-order valence-electron chi connectivity index (χ0n) is 14.9. The summed E-state index contributed by atoms with van der Waals surface area (Å²) in [5.41, 5.74) is -1.07. The third kappa shape index (κ3) is 4.01. The first-order valence-electron chi connectivity index (χ1n) is 8.29. The van der Waals surface area contributed by atoms with E-state index in [1.807, 2.05) is 0 Å². The Morgan fingerprint density at radius 1 is 1.33 bits per heavy atom. The number of piperazine rings is 1. The summed E-state index contributed by atoms with van der Waals surface area (Å²) in [6.45, 7) is 6.17. The summed E-state index contributed by atoms with van der Waals surface area (Å²) in [4.78, 5) is 21.2. The van der Waals surface area contributed by atoms with Crippen LogP contribution in [-0.4, -0.2) is 46.2 Å². The highest BCUT2D eigenvalue weighted by molar-refractivity contribution is 9.10. The van der Waals surface area contributed by atoms with E-state index >= 15 is 0 Å². The maximum Gasteiger partial charge on any atom is 0.410 e. The van der Waals surface area contributed by atoms with Crippen LogP contribution < -0.4 is 5.32 Å². The number of hydrogen-bond donors (Lipinski definition) is 1. The van der Waals surface area contributed by atoms with Gasteiger partial charge in [0.25, 0.3) is 0 Å². The molecule has 146 valence electrons. The number of halogens is 4. The fraction of sp³-hybridized carbons (Fsp3) is 0.471. The van der Waals surface area contributed by atoms with Gasteiger partial charge in [0.1, 0.15) is 16.9 Å². The van der Waals surface area contributed by atoms with Gasteiger partial charge >= 0.3 is 12.2 Å². The summed E-state index contributed by atoms with van der Waals surface area (Å²) in [5, 5.41) is 3.07. The Balaban J connectivity index is 2.13. The molecule has 0 aliphatic carbocycles. The summed E-state index contributed by atoms with van der Waals surface area (Å²) in [6, 6.07) is 0.257. The molecule has 0 bridgehead atoms. The molecule has 27 heavy (non-hydrogen) atoms. The number of rotatable bonds is 1. The Hall–Kier alpha value is -1.94. The van der Waals surface area contributed by atoms with Crippen molar-refractivity contribution in [3.63, 3.8) is 0 Å². The molecule has 1 N–H and O–H groups in total. The summed E-state index contributed by atoms with van der Waals surface area (Å²) < 4.78 is 47.5. The lowest BCUT2D eigenvalue weighted by Gasteiger charge is -2.37. The molecular formula is C17H18BrF3N4O2. The van der Waals surface area contributed by atoms with E-state index in [0.29, 0.717) is 6.54 Å². The number of amides is 1. The van der Waals surface area contributed by atoms with Gasteiger partial charge in [0.2, 0.25) is 0 Å². The molecule has 2 heterocycles. The van der Waals surface area contributed by atoms with Crippen LogP contribution in [0.3, 0.4) is 0 Å². The second-order valence-electron chi connectivity index (χ2n) is 7.15. The van der Waals surface area contributed by atoms with Crippen molar-refractivity contribution in [1.29, 1.82) is 0 Å². The van der Waals surface area contributed by atoms with Gasteiger partial charge in [-0.1, -0.05) is 0 Å². The van der Waals surface area contributed by atoms with E-state index in [-0.39, 0.29) is 29.7 Å². The van der Waals surface area contributed by atoms with Crippen molar-refractivity contribution >= 4 is 32.9 Å². The van der Waals surface area contributed by atoms with Gasteiger partial charge < -0.3 is 10.1 Å². The maximum absolute atomic E-state index is 14.4. The lowest BCUT2D eigenvalue weighted by Crippen LogP contribution is -2.50. The molecule has 1 unspecified atom stereocenters. The van der Waals surface area contributed by atoms with Gasteiger partial charge in [-0.05, 0) is 42.8 Å². The van der Waals surface area contributed by atoms with Crippen LogP contribution in [-0.2, 0) is 4.74 Å². The van der Waals surface area contributed by atoms with Crippen LogP contribution in [0.1, 0.15) is 32.5 Å². The normalized spacial score (nSPS) is 18.0. The number of carbonyl (C=O) groups excluding carboxylic acids is 1. The van der Waals surface area contributed by atoms with Gasteiger partial charge in [-0.15, -0.1) is 0 Å². The van der Waals surface area contributed by atoms with Crippen LogP contribution in [0, 0.1) is 17.7 Å². The minimum absolute atomic E-state index is 0.00291. The molecule has 0 spiro atoms. The van der Waals surface area contributed by atoms with Crippen molar-refractivity contribution in [3.8, 4) is 0 Å².